The molecule has 2 aliphatic rings. The van der Waals surface area contributed by atoms with E-state index in [1.54, 1.807) is 31.2 Å². The number of hydrogen-bond acceptors (Lipinski definition) is 5. The minimum atomic E-state index is -0.465. The summed E-state index contributed by atoms with van der Waals surface area (Å²) in [5, 5.41) is 24.6. The van der Waals surface area contributed by atoms with Crippen LogP contribution >= 0.6 is 0 Å². The first-order chi connectivity index (χ1) is 13.9. The number of methoxy groups -OCH3 is 1. The molecule has 7 heteroatoms. The molecule has 1 heterocycles. The zero-order chi connectivity index (χ0) is 21.0. The van der Waals surface area contributed by atoms with Gasteiger partial charge in [0.1, 0.15) is 5.76 Å². The second kappa shape index (κ2) is 8.94. The predicted molar refractivity (Wildman–Crippen MR) is 110 cm³/mol. The molecule has 0 radical (unpaired) electrons. The molecule has 0 aliphatic heterocycles. The summed E-state index contributed by atoms with van der Waals surface area (Å²) >= 11 is 0. The summed E-state index contributed by atoms with van der Waals surface area (Å²) in [6.07, 6.45) is 9.80. The lowest BCUT2D eigenvalue weighted by Gasteiger charge is -2.27. The van der Waals surface area contributed by atoms with Crippen LogP contribution in [0.5, 0.6) is 0 Å². The van der Waals surface area contributed by atoms with Crippen molar-refractivity contribution >= 4 is 11.6 Å². The molecular weight excluding hydrogens is 368 g/mol. The van der Waals surface area contributed by atoms with Crippen LogP contribution in [0, 0.1) is 18.3 Å². The van der Waals surface area contributed by atoms with E-state index in [-0.39, 0.29) is 5.69 Å². The van der Waals surface area contributed by atoms with Gasteiger partial charge in [0.25, 0.3) is 0 Å². The number of nitrogens with one attached hydrogen (secondary N) is 3. The summed E-state index contributed by atoms with van der Waals surface area (Å²) in [5.74, 6) is 0.704. The first-order valence-corrected chi connectivity index (χ1v) is 9.94. The van der Waals surface area contributed by atoms with E-state index in [4.69, 9.17) is 10.1 Å². The van der Waals surface area contributed by atoms with E-state index in [9.17, 15) is 10.0 Å². The first kappa shape index (κ1) is 20.6. The van der Waals surface area contributed by atoms with Crippen LogP contribution in [0.25, 0.3) is 0 Å². The van der Waals surface area contributed by atoms with Gasteiger partial charge in [0.2, 0.25) is 5.69 Å². The number of rotatable bonds is 5. The fourth-order valence-corrected chi connectivity index (χ4v) is 3.58. The minimum Gasteiger partial charge on any atom is -0.494 e. The molecule has 0 spiro atoms. The van der Waals surface area contributed by atoms with Crippen LogP contribution in [-0.2, 0) is 4.74 Å². The molecule has 1 aromatic rings. The van der Waals surface area contributed by atoms with Crippen molar-refractivity contribution in [2.45, 2.75) is 45.6 Å². The maximum Gasteiger partial charge on any atom is 0.325 e. The molecule has 4 N–H and O–H groups in total. The third kappa shape index (κ3) is 4.85. The van der Waals surface area contributed by atoms with Gasteiger partial charge in [-0.3, -0.25) is 10.0 Å². The molecule has 1 fully saturated rings. The van der Waals surface area contributed by atoms with Gasteiger partial charge in [-0.25, -0.2) is 0 Å². The van der Waals surface area contributed by atoms with Crippen molar-refractivity contribution in [3.63, 3.8) is 0 Å². The quantitative estimate of drug-likeness (QED) is 0.454. The monoisotopic (exact) mass is 397 g/mol. The van der Waals surface area contributed by atoms with Gasteiger partial charge in [-0.1, -0.05) is 6.92 Å². The number of nitrogens with zero attached hydrogens (tertiary/aromatic N) is 1. The second-order valence-electron chi connectivity index (χ2n) is 7.73. The fraction of sp³-hybridized carbons (Fsp3) is 0.409. The molecule has 154 valence electrons. The number of pyridine rings is 1. The summed E-state index contributed by atoms with van der Waals surface area (Å²) in [6.45, 7) is 3.99. The predicted octanol–water partition coefficient (Wildman–Crippen LogP) is 2.75. The van der Waals surface area contributed by atoms with Crippen LogP contribution in [0.3, 0.4) is 0 Å². The van der Waals surface area contributed by atoms with E-state index in [2.05, 4.69) is 17.6 Å². The molecule has 0 atom stereocenters. The van der Waals surface area contributed by atoms with E-state index in [1.807, 2.05) is 6.20 Å². The van der Waals surface area contributed by atoms with E-state index in [0.717, 1.165) is 23.5 Å². The van der Waals surface area contributed by atoms with Gasteiger partial charge in [-0.05, 0) is 43.7 Å². The summed E-state index contributed by atoms with van der Waals surface area (Å²) in [6, 6.07) is 5.35. The maximum atomic E-state index is 12.7. The molecule has 1 amide bonds. The summed E-state index contributed by atoms with van der Waals surface area (Å²) in [7, 11) is 1.49. The minimum absolute atomic E-state index is 0.113. The number of carbonyl (C=O) groups is 1. The van der Waals surface area contributed by atoms with Gasteiger partial charge in [-0.2, -0.15) is 0 Å². The highest BCUT2D eigenvalue weighted by Crippen LogP contribution is 2.24. The van der Waals surface area contributed by atoms with Crippen molar-refractivity contribution in [1.29, 1.82) is 5.41 Å². The Kier molecular flexibility index (Phi) is 6.36. The third-order valence-electron chi connectivity index (χ3n) is 5.50. The Morgan fingerprint density at radius 3 is 2.69 bits per heavy atom. The Morgan fingerprint density at radius 2 is 2.00 bits per heavy atom. The van der Waals surface area contributed by atoms with Crippen LogP contribution in [0.15, 0.2) is 53.6 Å². The highest BCUT2D eigenvalue weighted by atomic mass is 16.5. The van der Waals surface area contributed by atoms with Gasteiger partial charge < -0.3 is 20.8 Å². The Bertz CT molecular complexity index is 893. The zero-order valence-electron chi connectivity index (χ0n) is 17.2. The number of aromatic nitrogens is 1. The Hall–Kier alpha value is -3.09. The number of amides is 1. The highest BCUT2D eigenvalue weighted by molar-refractivity contribution is 6.10. The standard InChI is InChI=1S/C22H28N4O3/c1-14-7-9-17(10-8-14)24-13-16-11-19(21(29-3)12-18(16)23)25-22(27)20-6-4-5-15(2)26(20)28/h4-6,11-14,17,23,27-28H,7-10H2,1-3H3/p+1/t14-,17-. The average Bonchev–Trinajstić information content (AvgIpc) is 2.71. The molecule has 3 rings (SSSR count). The van der Waals surface area contributed by atoms with E-state index in [1.165, 1.54) is 26.0 Å². The Morgan fingerprint density at radius 1 is 1.28 bits per heavy atom. The molecule has 1 saturated carbocycles. The van der Waals surface area contributed by atoms with Crippen molar-refractivity contribution in [3.8, 4) is 0 Å². The number of aryl methyl sites for hydroxylation is 1. The van der Waals surface area contributed by atoms with E-state index < -0.39 is 5.91 Å². The molecule has 0 saturated heterocycles. The van der Waals surface area contributed by atoms with Crippen molar-refractivity contribution in [1.82, 2.24) is 10.6 Å². The Labute approximate surface area is 171 Å². The molecule has 7 nitrogen and oxygen atoms in total. The number of carbonyl (C=O) groups excluding carboxylic acids is 1. The smallest absolute Gasteiger partial charge is 0.325 e. The van der Waals surface area contributed by atoms with Crippen molar-refractivity contribution in [2.24, 2.45) is 5.92 Å². The van der Waals surface area contributed by atoms with Crippen LogP contribution in [0.4, 0.5) is 0 Å². The molecule has 0 bridgehead atoms. The second-order valence-corrected chi connectivity index (χ2v) is 7.73. The van der Waals surface area contributed by atoms with Crippen LogP contribution in [-0.4, -0.2) is 30.0 Å². The van der Waals surface area contributed by atoms with Gasteiger partial charge >= 0.3 is 11.6 Å². The van der Waals surface area contributed by atoms with Gasteiger partial charge in [0.15, 0.2) is 0 Å². The number of allylic oxidation sites excluding steroid dienone is 3. The Balaban J connectivity index is 1.77. The third-order valence-corrected chi connectivity index (χ3v) is 5.50. The van der Waals surface area contributed by atoms with E-state index >= 15 is 0 Å². The normalized spacial score (nSPS) is 23.3. The lowest BCUT2D eigenvalue weighted by molar-refractivity contribution is -0.909. The van der Waals surface area contributed by atoms with Crippen LogP contribution in [0.1, 0.15) is 48.8 Å². The summed E-state index contributed by atoms with van der Waals surface area (Å²) < 4.78 is 6.19. The van der Waals surface area contributed by atoms with Gasteiger partial charge in [0, 0.05) is 47.7 Å². The molecule has 0 unspecified atom stereocenters. The molecule has 0 aromatic carbocycles. The maximum absolute atomic E-state index is 12.7. The lowest BCUT2D eigenvalue weighted by atomic mass is 9.87. The molecular formula is C22H29N4O3+. The molecule has 1 aromatic heterocycles. The van der Waals surface area contributed by atoms with Crippen molar-refractivity contribution in [2.75, 3.05) is 7.11 Å². The average molecular weight is 397 g/mol. The van der Waals surface area contributed by atoms with Gasteiger partial charge in [-0.15, -0.1) is 0 Å². The van der Waals surface area contributed by atoms with E-state index in [0.29, 0.717) is 34.5 Å². The topological polar surface area (TPSA) is 98.3 Å². The SMILES string of the molecule is COC1=CC(=N)/C(=C\N[C@H]2CC[C@H](C)CC2)C=C1NC(=O)c1cccc(C)[n+]1O. The summed E-state index contributed by atoms with van der Waals surface area (Å²) in [4.78, 5) is 12.7. The summed E-state index contributed by atoms with van der Waals surface area (Å²) in [5.41, 5.74) is 2.08. The zero-order valence-corrected chi connectivity index (χ0v) is 17.2. The lowest BCUT2D eigenvalue weighted by Crippen LogP contribution is -2.44. The van der Waals surface area contributed by atoms with Gasteiger partial charge in [0.05, 0.1) is 18.5 Å². The number of ether oxygens (including phenoxy) is 1. The van der Waals surface area contributed by atoms with Crippen molar-refractivity contribution in [3.05, 3.63) is 65.0 Å². The first-order valence-electron chi connectivity index (χ1n) is 9.94. The van der Waals surface area contributed by atoms with Crippen LogP contribution in [0.2, 0.25) is 0 Å². The molecule has 2 aliphatic carbocycles. The largest absolute Gasteiger partial charge is 0.494 e. The van der Waals surface area contributed by atoms with Crippen LogP contribution < -0.4 is 15.4 Å². The number of hydrogen-bond donors (Lipinski definition) is 4. The molecule has 29 heavy (non-hydrogen) atoms. The highest BCUT2D eigenvalue weighted by Gasteiger charge is 2.25. The fourth-order valence-electron chi connectivity index (χ4n) is 3.58. The van der Waals surface area contributed by atoms with Crippen molar-refractivity contribution < 1.29 is 19.5 Å².